The number of benzene rings is 3. The molecule has 0 radical (unpaired) electrons. The van der Waals surface area contributed by atoms with E-state index in [1.165, 1.54) is 17.0 Å². The number of ketones is 1. The zero-order valence-corrected chi connectivity index (χ0v) is 17.8. The number of Topliss-reactive ketones (excluding diaryl/α,β-unsaturated/α-hetero) is 1. The number of aromatic nitrogens is 2. The summed E-state index contributed by atoms with van der Waals surface area (Å²) in [4.78, 5) is 35.3. The fourth-order valence-corrected chi connectivity index (χ4v) is 4.13. The van der Waals surface area contributed by atoms with E-state index in [0.717, 1.165) is 12.0 Å². The predicted molar refractivity (Wildman–Crippen MR) is 125 cm³/mol. The Morgan fingerprint density at radius 3 is 2.36 bits per heavy atom. The molecule has 3 N–H and O–H groups in total. The molecule has 5 rings (SSSR count). The number of aliphatic hydroxyl groups is 1. The van der Waals surface area contributed by atoms with E-state index in [0.29, 0.717) is 22.2 Å². The molecule has 0 saturated carbocycles. The van der Waals surface area contributed by atoms with Crippen molar-refractivity contribution in [3.63, 3.8) is 0 Å². The number of hydrogen-bond donors (Lipinski definition) is 3. The number of H-pyrrole nitrogens is 1. The number of aromatic hydroxyl groups is 1. The summed E-state index contributed by atoms with van der Waals surface area (Å²) in [5, 5.41) is 20.9. The normalized spacial score (nSPS) is 17.7. The second kappa shape index (κ2) is 7.94. The number of rotatable bonds is 4. The molecule has 1 fully saturated rings. The lowest BCUT2D eigenvalue weighted by Gasteiger charge is -2.23. The number of fused-ring (bicyclic) bond motifs is 1. The van der Waals surface area contributed by atoms with E-state index in [2.05, 4.69) is 9.97 Å². The van der Waals surface area contributed by atoms with Gasteiger partial charge in [-0.2, -0.15) is 0 Å². The van der Waals surface area contributed by atoms with Crippen LogP contribution in [-0.2, 0) is 16.0 Å². The Morgan fingerprint density at radius 1 is 1.00 bits per heavy atom. The van der Waals surface area contributed by atoms with Crippen molar-refractivity contribution in [1.82, 2.24) is 9.97 Å². The number of carbonyl (C=O) groups is 2. The van der Waals surface area contributed by atoms with Gasteiger partial charge in [0.2, 0.25) is 5.95 Å². The van der Waals surface area contributed by atoms with E-state index in [4.69, 9.17) is 0 Å². The highest BCUT2D eigenvalue weighted by Crippen LogP contribution is 2.42. The van der Waals surface area contributed by atoms with E-state index in [-0.39, 0.29) is 23.0 Å². The molecule has 1 amide bonds. The van der Waals surface area contributed by atoms with Gasteiger partial charge in [0.25, 0.3) is 5.78 Å². The monoisotopic (exact) mass is 439 g/mol. The summed E-state index contributed by atoms with van der Waals surface area (Å²) in [6, 6.07) is 19.8. The number of phenols is 1. The summed E-state index contributed by atoms with van der Waals surface area (Å²) in [5.41, 5.74) is 3.42. The summed E-state index contributed by atoms with van der Waals surface area (Å²) in [7, 11) is 0. The number of carbonyl (C=O) groups excluding carboxylic acids is 2. The Kier molecular flexibility index (Phi) is 4.94. The number of anilines is 1. The fraction of sp³-hybridized carbons (Fsp3) is 0.115. The minimum absolute atomic E-state index is 0.0320. The van der Waals surface area contributed by atoms with Gasteiger partial charge in [-0.15, -0.1) is 0 Å². The summed E-state index contributed by atoms with van der Waals surface area (Å²) in [6.07, 6.45) is 0.838. The number of para-hydroxylation sites is 2. The van der Waals surface area contributed by atoms with E-state index >= 15 is 0 Å². The summed E-state index contributed by atoms with van der Waals surface area (Å²) in [5.74, 6) is -1.59. The number of phenolic OH excluding ortho intramolecular Hbond substituents is 1. The molecule has 1 saturated heterocycles. The number of aromatic amines is 1. The molecule has 0 aliphatic carbocycles. The van der Waals surface area contributed by atoms with Crippen LogP contribution in [0, 0.1) is 0 Å². The van der Waals surface area contributed by atoms with Gasteiger partial charge in [-0.25, -0.2) is 4.98 Å². The minimum Gasteiger partial charge on any atom is -0.508 e. The minimum atomic E-state index is -0.919. The van der Waals surface area contributed by atoms with Gasteiger partial charge in [0.1, 0.15) is 11.5 Å². The third kappa shape index (κ3) is 3.43. The van der Waals surface area contributed by atoms with Crippen molar-refractivity contribution in [2.75, 3.05) is 4.90 Å². The van der Waals surface area contributed by atoms with Crippen molar-refractivity contribution in [2.45, 2.75) is 19.4 Å². The molecule has 1 unspecified atom stereocenters. The average Bonchev–Trinajstić information content (AvgIpc) is 3.38. The lowest BCUT2D eigenvalue weighted by Crippen LogP contribution is -2.30. The molecule has 0 spiro atoms. The van der Waals surface area contributed by atoms with Crippen LogP contribution in [0.15, 0.2) is 78.4 Å². The number of imidazole rings is 1. The Balaban J connectivity index is 1.71. The quantitative estimate of drug-likeness (QED) is 0.247. The highest BCUT2D eigenvalue weighted by atomic mass is 16.3. The van der Waals surface area contributed by atoms with Crippen molar-refractivity contribution < 1.29 is 19.8 Å². The standard InChI is InChI=1S/C26H21N3O4/c1-2-15-7-9-17(10-8-15)23(31)21-22(16-11-13-18(30)14-12-16)29(25(33)24(21)32)26-27-19-5-3-4-6-20(19)28-26/h3-14,22,30-31H,2H2,1H3,(H,27,28)/b23-21+. The largest absolute Gasteiger partial charge is 0.508 e. The maximum Gasteiger partial charge on any atom is 0.302 e. The van der Waals surface area contributed by atoms with Gasteiger partial charge < -0.3 is 15.2 Å². The first kappa shape index (κ1) is 20.5. The average molecular weight is 439 g/mol. The van der Waals surface area contributed by atoms with E-state index in [1.54, 1.807) is 30.3 Å². The van der Waals surface area contributed by atoms with Gasteiger partial charge in [-0.1, -0.05) is 55.5 Å². The molecule has 3 aromatic carbocycles. The van der Waals surface area contributed by atoms with Crippen LogP contribution in [-0.4, -0.2) is 31.9 Å². The summed E-state index contributed by atoms with van der Waals surface area (Å²) < 4.78 is 0. The number of hydrogen-bond acceptors (Lipinski definition) is 5. The van der Waals surface area contributed by atoms with Gasteiger partial charge in [0.15, 0.2) is 0 Å². The molecule has 1 aromatic heterocycles. The number of amides is 1. The molecule has 1 atom stereocenters. The number of nitrogens with zero attached hydrogens (tertiary/aromatic N) is 2. The highest BCUT2D eigenvalue weighted by molar-refractivity contribution is 6.51. The van der Waals surface area contributed by atoms with Crippen LogP contribution in [0.2, 0.25) is 0 Å². The number of nitrogens with one attached hydrogen (secondary N) is 1. The third-order valence-corrected chi connectivity index (χ3v) is 5.89. The molecule has 2 heterocycles. The van der Waals surface area contributed by atoms with Crippen LogP contribution in [0.3, 0.4) is 0 Å². The molecule has 0 bridgehead atoms. The van der Waals surface area contributed by atoms with Crippen molar-refractivity contribution in [1.29, 1.82) is 0 Å². The smallest absolute Gasteiger partial charge is 0.302 e. The second-order valence-corrected chi connectivity index (χ2v) is 7.89. The van der Waals surface area contributed by atoms with E-state index in [9.17, 15) is 19.8 Å². The maximum absolute atomic E-state index is 13.2. The molecule has 1 aliphatic heterocycles. The second-order valence-electron chi connectivity index (χ2n) is 7.89. The van der Waals surface area contributed by atoms with Gasteiger partial charge in [-0.3, -0.25) is 14.5 Å². The van der Waals surface area contributed by atoms with Crippen LogP contribution in [0.4, 0.5) is 5.95 Å². The van der Waals surface area contributed by atoms with Gasteiger partial charge in [0, 0.05) is 5.56 Å². The van der Waals surface area contributed by atoms with E-state index in [1.807, 2.05) is 37.3 Å². The molecule has 4 aromatic rings. The van der Waals surface area contributed by atoms with Crippen molar-refractivity contribution in [3.8, 4) is 5.75 Å². The van der Waals surface area contributed by atoms with Crippen molar-refractivity contribution in [3.05, 3.63) is 95.1 Å². The van der Waals surface area contributed by atoms with Crippen LogP contribution < -0.4 is 4.90 Å². The first-order valence-corrected chi connectivity index (χ1v) is 10.6. The molecule has 1 aliphatic rings. The summed E-state index contributed by atoms with van der Waals surface area (Å²) in [6.45, 7) is 2.03. The molecular formula is C26H21N3O4. The Labute approximate surface area is 189 Å². The predicted octanol–water partition coefficient (Wildman–Crippen LogP) is 4.46. The first-order chi connectivity index (χ1) is 16.0. The zero-order valence-electron chi connectivity index (χ0n) is 17.8. The van der Waals surface area contributed by atoms with Gasteiger partial charge in [0.05, 0.1) is 22.6 Å². The van der Waals surface area contributed by atoms with E-state index < -0.39 is 17.7 Å². The SMILES string of the molecule is CCc1ccc(/C(O)=C2\C(=O)C(=O)N(c3nc4ccccc4[nH]3)C2c2ccc(O)cc2)cc1. The van der Waals surface area contributed by atoms with Gasteiger partial charge >= 0.3 is 5.91 Å². The number of aryl methyl sites for hydroxylation is 1. The Morgan fingerprint density at radius 2 is 1.70 bits per heavy atom. The molecule has 164 valence electrons. The maximum atomic E-state index is 13.2. The fourth-order valence-electron chi connectivity index (χ4n) is 4.13. The molecule has 7 heteroatoms. The van der Waals surface area contributed by atoms with Crippen LogP contribution >= 0.6 is 0 Å². The lowest BCUT2D eigenvalue weighted by atomic mass is 9.95. The molecule has 33 heavy (non-hydrogen) atoms. The zero-order chi connectivity index (χ0) is 23.1. The summed E-state index contributed by atoms with van der Waals surface area (Å²) >= 11 is 0. The highest BCUT2D eigenvalue weighted by Gasteiger charge is 2.48. The van der Waals surface area contributed by atoms with Crippen LogP contribution in [0.25, 0.3) is 16.8 Å². The van der Waals surface area contributed by atoms with Gasteiger partial charge in [-0.05, 0) is 41.8 Å². The lowest BCUT2D eigenvalue weighted by molar-refractivity contribution is -0.132. The first-order valence-electron chi connectivity index (χ1n) is 10.6. The van der Waals surface area contributed by atoms with Crippen LogP contribution in [0.1, 0.15) is 29.7 Å². The third-order valence-electron chi connectivity index (χ3n) is 5.89. The van der Waals surface area contributed by atoms with Crippen molar-refractivity contribution in [2.24, 2.45) is 0 Å². The van der Waals surface area contributed by atoms with Crippen molar-refractivity contribution >= 4 is 34.4 Å². The topological polar surface area (TPSA) is 107 Å². The Hall–Kier alpha value is -4.39. The van der Waals surface area contributed by atoms with Crippen LogP contribution in [0.5, 0.6) is 5.75 Å². The number of aliphatic hydroxyl groups excluding tert-OH is 1. The Bertz CT molecular complexity index is 1370. The molecule has 7 nitrogen and oxygen atoms in total. The molecular weight excluding hydrogens is 418 g/mol.